The molecule has 1 fully saturated rings. The lowest BCUT2D eigenvalue weighted by Gasteiger charge is -2.36. The first-order valence-corrected chi connectivity index (χ1v) is 8.48. The topological polar surface area (TPSA) is 28.2 Å². The van der Waals surface area contributed by atoms with Crippen molar-refractivity contribution in [1.29, 1.82) is 0 Å². The van der Waals surface area contributed by atoms with E-state index in [2.05, 4.69) is 72.4 Å². The molecule has 0 radical (unpaired) electrons. The summed E-state index contributed by atoms with van der Waals surface area (Å²) in [5.74, 6) is 0. The summed E-state index contributed by atoms with van der Waals surface area (Å²) in [5.41, 5.74) is 4.34. The molecule has 0 spiro atoms. The van der Waals surface area contributed by atoms with Crippen LogP contribution in [0.4, 0.5) is 0 Å². The van der Waals surface area contributed by atoms with Crippen LogP contribution in [-0.4, -0.2) is 29.5 Å². The maximum absolute atomic E-state index is 4.14. The molecule has 3 rings (SSSR count). The van der Waals surface area contributed by atoms with Crippen LogP contribution in [0.5, 0.6) is 0 Å². The van der Waals surface area contributed by atoms with Crippen LogP contribution in [0.25, 0.3) is 0 Å². The van der Waals surface area contributed by atoms with E-state index in [-0.39, 0.29) is 17.8 Å². The largest absolute Gasteiger partial charge is 0.314 e. The molecule has 1 atom stereocenters. The highest BCUT2D eigenvalue weighted by Crippen LogP contribution is 2.26. The minimum atomic E-state index is 0. The van der Waals surface area contributed by atoms with Gasteiger partial charge >= 0.3 is 0 Å². The van der Waals surface area contributed by atoms with Crippen LogP contribution in [0.15, 0.2) is 48.8 Å². The van der Waals surface area contributed by atoms with Crippen molar-refractivity contribution in [2.75, 3.05) is 19.6 Å². The van der Waals surface area contributed by atoms with Gasteiger partial charge in [0.1, 0.15) is 0 Å². The first-order chi connectivity index (χ1) is 11.0. The summed E-state index contributed by atoms with van der Waals surface area (Å²) in [6.45, 7) is 10.9. The highest BCUT2D eigenvalue weighted by molar-refractivity contribution is 5.85. The number of nitrogens with zero attached hydrogens (tertiary/aromatic N) is 2. The van der Waals surface area contributed by atoms with Crippen LogP contribution in [-0.2, 0) is 12.0 Å². The number of piperazine rings is 1. The standard InChI is InChI=1S/C20H27N3.ClH/c1-20(2,3)18-6-4-16(5-7-18)15-23-13-12-22-14-19(23)17-8-10-21-11-9-17;/h4-11,19,22H,12-15H2,1-3H3;1H. The van der Waals surface area contributed by atoms with Crippen LogP contribution in [0, 0.1) is 0 Å². The van der Waals surface area contributed by atoms with Crippen molar-refractivity contribution in [3.8, 4) is 0 Å². The Kier molecular flexibility index (Phi) is 6.39. The molecule has 4 heteroatoms. The molecule has 1 aliphatic rings. The van der Waals surface area contributed by atoms with Gasteiger partial charge in [-0.2, -0.15) is 0 Å². The molecule has 1 unspecified atom stereocenters. The van der Waals surface area contributed by atoms with Gasteiger partial charge in [0, 0.05) is 44.6 Å². The van der Waals surface area contributed by atoms with Crippen LogP contribution in [0.2, 0.25) is 0 Å². The number of pyridine rings is 1. The monoisotopic (exact) mass is 345 g/mol. The average molecular weight is 346 g/mol. The Hall–Kier alpha value is -1.42. The van der Waals surface area contributed by atoms with Crippen LogP contribution >= 0.6 is 12.4 Å². The van der Waals surface area contributed by atoms with Crippen molar-refractivity contribution in [2.24, 2.45) is 0 Å². The number of hydrogen-bond donors (Lipinski definition) is 1. The average Bonchev–Trinajstić information content (AvgIpc) is 2.56. The second-order valence-electron chi connectivity index (χ2n) is 7.42. The number of nitrogens with one attached hydrogen (secondary N) is 1. The van der Waals surface area contributed by atoms with E-state index < -0.39 is 0 Å². The molecule has 0 bridgehead atoms. The Morgan fingerprint density at radius 2 is 1.75 bits per heavy atom. The molecule has 1 aromatic carbocycles. The molecule has 1 aromatic heterocycles. The van der Waals surface area contributed by atoms with Crippen molar-refractivity contribution in [1.82, 2.24) is 15.2 Å². The summed E-state index contributed by atoms with van der Waals surface area (Å²) < 4.78 is 0. The Bertz CT molecular complexity index is 620. The van der Waals surface area contributed by atoms with Gasteiger partial charge in [0.25, 0.3) is 0 Å². The first kappa shape index (κ1) is 18.9. The highest BCUT2D eigenvalue weighted by atomic mass is 35.5. The third kappa shape index (κ3) is 4.56. The summed E-state index contributed by atoms with van der Waals surface area (Å²) in [7, 11) is 0. The van der Waals surface area contributed by atoms with E-state index in [9.17, 15) is 0 Å². The number of halogens is 1. The number of rotatable bonds is 3. The van der Waals surface area contributed by atoms with E-state index >= 15 is 0 Å². The molecule has 3 nitrogen and oxygen atoms in total. The van der Waals surface area contributed by atoms with Crippen molar-refractivity contribution >= 4 is 12.4 Å². The zero-order chi connectivity index (χ0) is 16.3. The Labute approximate surface area is 151 Å². The minimum absolute atomic E-state index is 0. The lowest BCUT2D eigenvalue weighted by Crippen LogP contribution is -2.45. The van der Waals surface area contributed by atoms with E-state index in [1.165, 1.54) is 16.7 Å². The van der Waals surface area contributed by atoms with Crippen LogP contribution in [0.1, 0.15) is 43.5 Å². The van der Waals surface area contributed by atoms with Gasteiger partial charge < -0.3 is 5.32 Å². The summed E-state index contributed by atoms with van der Waals surface area (Å²) in [6.07, 6.45) is 3.78. The van der Waals surface area contributed by atoms with Crippen molar-refractivity contribution < 1.29 is 0 Å². The van der Waals surface area contributed by atoms with E-state index in [0.29, 0.717) is 6.04 Å². The second kappa shape index (κ2) is 8.11. The Balaban J connectivity index is 0.00000208. The van der Waals surface area contributed by atoms with Gasteiger partial charge in [0.05, 0.1) is 0 Å². The maximum atomic E-state index is 4.14. The third-order valence-corrected chi connectivity index (χ3v) is 4.65. The molecule has 0 saturated carbocycles. The maximum Gasteiger partial charge on any atom is 0.0477 e. The fourth-order valence-corrected chi connectivity index (χ4v) is 3.19. The number of hydrogen-bond acceptors (Lipinski definition) is 3. The molecule has 1 aliphatic heterocycles. The number of benzene rings is 1. The van der Waals surface area contributed by atoms with E-state index in [1.54, 1.807) is 0 Å². The SMILES string of the molecule is CC(C)(C)c1ccc(CN2CCNCC2c2ccncc2)cc1.Cl. The molecule has 0 aliphatic carbocycles. The zero-order valence-corrected chi connectivity index (χ0v) is 15.6. The van der Waals surface area contributed by atoms with Gasteiger partial charge in [-0.25, -0.2) is 0 Å². The van der Waals surface area contributed by atoms with Crippen LogP contribution in [0.3, 0.4) is 0 Å². The lowest BCUT2D eigenvalue weighted by atomic mass is 9.86. The summed E-state index contributed by atoms with van der Waals surface area (Å²) in [4.78, 5) is 6.71. The highest BCUT2D eigenvalue weighted by Gasteiger charge is 2.23. The summed E-state index contributed by atoms with van der Waals surface area (Å²) in [5, 5.41) is 3.52. The molecule has 24 heavy (non-hydrogen) atoms. The van der Waals surface area contributed by atoms with Crippen LogP contribution < -0.4 is 5.32 Å². The van der Waals surface area contributed by atoms with E-state index in [1.807, 2.05) is 12.4 Å². The van der Waals surface area contributed by atoms with Gasteiger partial charge in [-0.1, -0.05) is 45.0 Å². The minimum Gasteiger partial charge on any atom is -0.314 e. The van der Waals surface area contributed by atoms with E-state index in [0.717, 1.165) is 26.2 Å². The lowest BCUT2D eigenvalue weighted by molar-refractivity contribution is 0.153. The molecule has 2 aromatic rings. The Morgan fingerprint density at radius 1 is 1.08 bits per heavy atom. The molecule has 0 amide bonds. The normalized spacial score (nSPS) is 18.9. The van der Waals surface area contributed by atoms with Gasteiger partial charge in [-0.05, 0) is 34.2 Å². The predicted molar refractivity (Wildman–Crippen MR) is 103 cm³/mol. The zero-order valence-electron chi connectivity index (χ0n) is 14.8. The van der Waals surface area contributed by atoms with E-state index in [4.69, 9.17) is 0 Å². The smallest absolute Gasteiger partial charge is 0.0477 e. The fourth-order valence-electron chi connectivity index (χ4n) is 3.19. The van der Waals surface area contributed by atoms with Crippen molar-refractivity contribution in [2.45, 2.75) is 38.8 Å². The van der Waals surface area contributed by atoms with Crippen molar-refractivity contribution in [3.63, 3.8) is 0 Å². The predicted octanol–water partition coefficient (Wildman–Crippen LogP) is 3.95. The summed E-state index contributed by atoms with van der Waals surface area (Å²) >= 11 is 0. The molecular formula is C20H28ClN3. The summed E-state index contributed by atoms with van der Waals surface area (Å²) in [6, 6.07) is 13.8. The van der Waals surface area contributed by atoms with Gasteiger partial charge in [-0.15, -0.1) is 12.4 Å². The molecule has 1 N–H and O–H groups in total. The van der Waals surface area contributed by atoms with Gasteiger partial charge in [0.2, 0.25) is 0 Å². The first-order valence-electron chi connectivity index (χ1n) is 8.48. The quantitative estimate of drug-likeness (QED) is 0.913. The molecular weight excluding hydrogens is 318 g/mol. The van der Waals surface area contributed by atoms with Gasteiger partial charge in [-0.3, -0.25) is 9.88 Å². The molecule has 1 saturated heterocycles. The second-order valence-corrected chi connectivity index (χ2v) is 7.42. The molecule has 130 valence electrons. The number of aromatic nitrogens is 1. The van der Waals surface area contributed by atoms with Crippen molar-refractivity contribution in [3.05, 3.63) is 65.5 Å². The fraction of sp³-hybridized carbons (Fsp3) is 0.450. The van der Waals surface area contributed by atoms with Gasteiger partial charge in [0.15, 0.2) is 0 Å². The third-order valence-electron chi connectivity index (χ3n) is 4.65. The Morgan fingerprint density at radius 3 is 2.38 bits per heavy atom. The molecule has 2 heterocycles.